The lowest BCUT2D eigenvalue weighted by Gasteiger charge is -2.24. The van der Waals surface area contributed by atoms with Crippen molar-refractivity contribution >= 4 is 56.3 Å². The second kappa shape index (κ2) is 13.7. The number of carbonyl (C=O) groups excluding carboxylic acids is 1. The van der Waals surface area contributed by atoms with Crippen LogP contribution < -0.4 is 24.4 Å². The topological polar surface area (TPSA) is 103 Å². The molecule has 5 aromatic rings. The fraction of sp³-hybridized carbons (Fsp3) is 0.143. The molecular formula is C35H26BrN3O5S2. The molecule has 0 aliphatic carbocycles. The fourth-order valence-corrected chi connectivity index (χ4v) is 7.39. The van der Waals surface area contributed by atoms with Gasteiger partial charge < -0.3 is 14.2 Å². The number of aromatic nitrogens is 1. The van der Waals surface area contributed by atoms with E-state index in [0.717, 1.165) is 16.0 Å². The first-order valence-electron chi connectivity index (χ1n) is 14.2. The number of thiazole rings is 1. The van der Waals surface area contributed by atoms with Crippen LogP contribution in [0.25, 0.3) is 11.8 Å². The zero-order valence-corrected chi connectivity index (χ0v) is 27.9. The Kier molecular flexibility index (Phi) is 9.30. The summed E-state index contributed by atoms with van der Waals surface area (Å²) in [5, 5.41) is 11.3. The van der Waals surface area contributed by atoms with E-state index in [1.165, 1.54) is 22.7 Å². The molecule has 3 heterocycles. The second-order valence-electron chi connectivity index (χ2n) is 10.0. The average Bonchev–Trinajstić information content (AvgIpc) is 3.72. The molecule has 0 spiro atoms. The molecule has 230 valence electrons. The number of hydrogen-bond donors (Lipinski definition) is 0. The van der Waals surface area contributed by atoms with Gasteiger partial charge in [0.15, 0.2) is 16.3 Å². The Labute approximate surface area is 280 Å². The molecule has 1 atom stereocenters. The molecule has 0 saturated carbocycles. The van der Waals surface area contributed by atoms with Crippen molar-refractivity contribution in [2.75, 3.05) is 13.7 Å². The van der Waals surface area contributed by atoms with Crippen molar-refractivity contribution in [1.82, 2.24) is 4.57 Å². The summed E-state index contributed by atoms with van der Waals surface area (Å²) in [4.78, 5) is 33.9. The number of carbonyl (C=O) groups is 1. The van der Waals surface area contributed by atoms with Crippen LogP contribution in [0.2, 0.25) is 0 Å². The molecule has 0 radical (unpaired) electrons. The van der Waals surface area contributed by atoms with Crippen LogP contribution in [-0.2, 0) is 16.1 Å². The standard InChI is InChI=1S/C35H26BrN3O5S2/c1-3-43-34(41)30-31(21-10-5-4-6-11-21)38-35-39(32(30)28-14-9-15-45-28)33(40)29(46-35)17-24-16-26(42-2)27(18-25(24)36)44-20-23-13-8-7-12-22(23)19-37/h4-18,32H,3,20H2,1-2H3. The van der Waals surface area contributed by atoms with Gasteiger partial charge in [0.25, 0.3) is 5.56 Å². The first-order chi connectivity index (χ1) is 22.4. The van der Waals surface area contributed by atoms with E-state index in [-0.39, 0.29) is 18.8 Å². The number of halogens is 1. The number of benzene rings is 3. The van der Waals surface area contributed by atoms with E-state index < -0.39 is 12.0 Å². The van der Waals surface area contributed by atoms with Crippen LogP contribution in [0.5, 0.6) is 11.5 Å². The van der Waals surface area contributed by atoms with E-state index in [0.29, 0.717) is 47.7 Å². The molecule has 8 nitrogen and oxygen atoms in total. The molecular weight excluding hydrogens is 686 g/mol. The highest BCUT2D eigenvalue weighted by Crippen LogP contribution is 2.37. The van der Waals surface area contributed by atoms with Gasteiger partial charge in [0.2, 0.25) is 0 Å². The Morgan fingerprint density at radius 1 is 1.09 bits per heavy atom. The largest absolute Gasteiger partial charge is 0.493 e. The van der Waals surface area contributed by atoms with E-state index in [1.807, 2.05) is 60.0 Å². The third-order valence-corrected chi connectivity index (χ3v) is 9.87. The van der Waals surface area contributed by atoms with Crippen LogP contribution in [0.1, 0.15) is 40.1 Å². The van der Waals surface area contributed by atoms with Crippen LogP contribution in [-0.4, -0.2) is 24.3 Å². The smallest absolute Gasteiger partial charge is 0.338 e. The van der Waals surface area contributed by atoms with E-state index >= 15 is 0 Å². The SMILES string of the molecule is CCOC(=O)C1=C(c2ccccc2)N=c2sc(=Cc3cc(OC)c(OCc4ccccc4C#N)cc3Br)c(=O)n2C1c1cccs1. The molecule has 6 rings (SSSR count). The Balaban J connectivity index is 1.47. The number of nitrogens with zero attached hydrogens (tertiary/aromatic N) is 3. The Morgan fingerprint density at radius 2 is 1.87 bits per heavy atom. The molecule has 46 heavy (non-hydrogen) atoms. The van der Waals surface area contributed by atoms with Crippen molar-refractivity contribution in [3.05, 3.63) is 141 Å². The molecule has 0 fully saturated rings. The van der Waals surface area contributed by atoms with Gasteiger partial charge in [-0.25, -0.2) is 9.79 Å². The molecule has 0 bridgehead atoms. The number of ether oxygens (including phenoxy) is 3. The first kappa shape index (κ1) is 31.2. The molecule has 1 unspecified atom stereocenters. The Morgan fingerprint density at radius 3 is 2.59 bits per heavy atom. The predicted octanol–water partition coefficient (Wildman–Crippen LogP) is 6.22. The highest BCUT2D eigenvalue weighted by atomic mass is 79.9. The maximum atomic E-state index is 14.2. The third kappa shape index (κ3) is 6.07. The van der Waals surface area contributed by atoms with Gasteiger partial charge in [0, 0.05) is 20.5 Å². The lowest BCUT2D eigenvalue weighted by molar-refractivity contribution is -0.138. The van der Waals surface area contributed by atoms with Crippen LogP contribution in [0.15, 0.2) is 104 Å². The minimum atomic E-state index is -0.710. The molecule has 1 aliphatic heterocycles. The number of fused-ring (bicyclic) bond motifs is 1. The highest BCUT2D eigenvalue weighted by Gasteiger charge is 2.35. The molecule has 0 amide bonds. The summed E-state index contributed by atoms with van der Waals surface area (Å²) >= 11 is 6.34. The summed E-state index contributed by atoms with van der Waals surface area (Å²) < 4.78 is 19.9. The monoisotopic (exact) mass is 711 g/mol. The third-order valence-electron chi connectivity index (χ3n) is 7.28. The number of thiophene rings is 1. The van der Waals surface area contributed by atoms with Crippen molar-refractivity contribution in [3.8, 4) is 17.6 Å². The summed E-state index contributed by atoms with van der Waals surface area (Å²) in [6, 6.07) is 25.5. The van der Waals surface area contributed by atoms with Crippen LogP contribution in [0.4, 0.5) is 0 Å². The van der Waals surface area contributed by atoms with Crippen molar-refractivity contribution in [1.29, 1.82) is 5.26 Å². The molecule has 0 N–H and O–H groups in total. The van der Waals surface area contributed by atoms with Gasteiger partial charge >= 0.3 is 5.97 Å². The van der Waals surface area contributed by atoms with Crippen molar-refractivity contribution in [3.63, 3.8) is 0 Å². The minimum Gasteiger partial charge on any atom is -0.493 e. The van der Waals surface area contributed by atoms with Crippen LogP contribution in [0.3, 0.4) is 0 Å². The first-order valence-corrected chi connectivity index (χ1v) is 16.7. The molecule has 11 heteroatoms. The zero-order chi connectivity index (χ0) is 32.2. The Hall–Kier alpha value is -4.76. The number of rotatable bonds is 9. The van der Waals surface area contributed by atoms with Crippen molar-refractivity contribution < 1.29 is 19.0 Å². The van der Waals surface area contributed by atoms with Gasteiger partial charge in [-0.15, -0.1) is 11.3 Å². The van der Waals surface area contributed by atoms with Gasteiger partial charge in [-0.2, -0.15) is 5.26 Å². The lowest BCUT2D eigenvalue weighted by Crippen LogP contribution is -2.39. The second-order valence-corrected chi connectivity index (χ2v) is 12.9. The number of nitriles is 1. The van der Waals surface area contributed by atoms with Gasteiger partial charge in [-0.3, -0.25) is 9.36 Å². The predicted molar refractivity (Wildman–Crippen MR) is 182 cm³/mol. The van der Waals surface area contributed by atoms with Gasteiger partial charge in [-0.1, -0.05) is 81.9 Å². The number of hydrogen-bond acceptors (Lipinski definition) is 9. The fourth-order valence-electron chi connectivity index (χ4n) is 5.14. The molecule has 3 aromatic carbocycles. The maximum Gasteiger partial charge on any atom is 0.338 e. The number of methoxy groups -OCH3 is 1. The van der Waals surface area contributed by atoms with Gasteiger partial charge in [-0.05, 0) is 48.2 Å². The number of esters is 1. The van der Waals surface area contributed by atoms with Crippen LogP contribution in [0, 0.1) is 11.3 Å². The van der Waals surface area contributed by atoms with E-state index in [4.69, 9.17) is 19.2 Å². The summed E-state index contributed by atoms with van der Waals surface area (Å²) in [5.41, 5.74) is 3.25. The van der Waals surface area contributed by atoms with Crippen molar-refractivity contribution in [2.45, 2.75) is 19.6 Å². The summed E-state index contributed by atoms with van der Waals surface area (Å²) in [7, 11) is 1.54. The lowest BCUT2D eigenvalue weighted by atomic mass is 9.97. The molecule has 1 aliphatic rings. The summed E-state index contributed by atoms with van der Waals surface area (Å²) in [6.45, 7) is 2.12. The minimum absolute atomic E-state index is 0.180. The van der Waals surface area contributed by atoms with Gasteiger partial charge in [0.05, 0.1) is 41.2 Å². The van der Waals surface area contributed by atoms with E-state index in [1.54, 1.807) is 48.9 Å². The molecule has 0 saturated heterocycles. The van der Waals surface area contributed by atoms with E-state index in [2.05, 4.69) is 22.0 Å². The zero-order valence-electron chi connectivity index (χ0n) is 24.7. The van der Waals surface area contributed by atoms with Crippen molar-refractivity contribution in [2.24, 2.45) is 4.99 Å². The Bertz CT molecular complexity index is 2180. The summed E-state index contributed by atoms with van der Waals surface area (Å²) in [5.74, 6) is 0.423. The van der Waals surface area contributed by atoms with Crippen LogP contribution >= 0.6 is 38.6 Å². The quantitative estimate of drug-likeness (QED) is 0.168. The highest BCUT2D eigenvalue weighted by molar-refractivity contribution is 9.10. The summed E-state index contributed by atoms with van der Waals surface area (Å²) in [6.07, 6.45) is 1.77. The average molecular weight is 713 g/mol. The van der Waals surface area contributed by atoms with E-state index in [9.17, 15) is 14.9 Å². The normalized spacial score (nSPS) is 14.3. The maximum absolute atomic E-state index is 14.2. The van der Waals surface area contributed by atoms with Gasteiger partial charge in [0.1, 0.15) is 12.6 Å². The molecule has 2 aromatic heterocycles.